The molecular weight excluding hydrogens is 560 g/mol. The fourth-order valence-corrected chi connectivity index (χ4v) is 5.10. The Hall–Kier alpha value is -4.73. The molecule has 0 aliphatic rings. The van der Waals surface area contributed by atoms with Crippen molar-refractivity contribution in [1.82, 2.24) is 25.2 Å². The lowest BCUT2D eigenvalue weighted by atomic mass is 10.1. The van der Waals surface area contributed by atoms with Crippen molar-refractivity contribution in [3.63, 3.8) is 0 Å². The van der Waals surface area contributed by atoms with E-state index in [0.717, 1.165) is 10.6 Å². The highest BCUT2D eigenvalue weighted by Gasteiger charge is 2.25. The summed E-state index contributed by atoms with van der Waals surface area (Å²) in [5.74, 6) is -5.37. The Morgan fingerprint density at radius 3 is 2.34 bits per heavy atom. The van der Waals surface area contributed by atoms with Crippen molar-refractivity contribution in [1.29, 1.82) is 0 Å². The van der Waals surface area contributed by atoms with Gasteiger partial charge >= 0.3 is 17.9 Å². The van der Waals surface area contributed by atoms with E-state index in [1.54, 1.807) is 29.8 Å². The molecule has 0 unspecified atom stereocenters. The van der Waals surface area contributed by atoms with Gasteiger partial charge in [0.15, 0.2) is 0 Å². The van der Waals surface area contributed by atoms with Gasteiger partial charge in [-0.25, -0.2) is 9.59 Å². The van der Waals surface area contributed by atoms with Crippen molar-refractivity contribution >= 4 is 58.0 Å². The molecule has 3 aromatic heterocycles. The number of anilines is 1. The van der Waals surface area contributed by atoms with Crippen LogP contribution in [0.25, 0.3) is 11.0 Å². The number of thiophene rings is 1. The Labute approximate surface area is 236 Å². The lowest BCUT2D eigenvalue weighted by molar-refractivity contribution is -0.143. The van der Waals surface area contributed by atoms with E-state index in [4.69, 9.17) is 15.9 Å². The van der Waals surface area contributed by atoms with E-state index in [1.165, 1.54) is 11.3 Å². The molecule has 0 saturated heterocycles. The van der Waals surface area contributed by atoms with Gasteiger partial charge in [-0.05, 0) is 50.3 Å². The number of nitrogens with two attached hydrogens (primary N) is 1. The highest BCUT2D eigenvalue weighted by atomic mass is 32.1. The minimum atomic E-state index is -1.43. The standard InChI is InChI=1S/C25H30N6O9S/c1-31-12(11-14-20(31)29-25(26)30-21(14)35)3-2-4-13-5-8-17(41-13)22(36)28-16(24(39)40)6-9-18(32)27-15(23(37)38)7-10-19(33)34/h5,8,11,15-16H,2-4,6-7,9-10H2,1H3,(H,27,32)(H,28,36)(H,33,34)(H,37,38)(H,39,40)(H3,26,29,30,35)/t15-,16-/m0/s1. The van der Waals surface area contributed by atoms with Crippen molar-refractivity contribution in [2.75, 3.05) is 5.73 Å². The first-order chi connectivity index (χ1) is 19.3. The first-order valence-corrected chi connectivity index (χ1v) is 13.4. The van der Waals surface area contributed by atoms with Gasteiger partial charge in [-0.15, -0.1) is 11.3 Å². The number of fused-ring (bicyclic) bond motifs is 1. The van der Waals surface area contributed by atoms with Crippen LogP contribution < -0.4 is 21.9 Å². The maximum Gasteiger partial charge on any atom is 0.326 e. The van der Waals surface area contributed by atoms with Crippen LogP contribution in [0.4, 0.5) is 5.95 Å². The number of carboxylic acids is 3. The molecule has 0 spiro atoms. The normalized spacial score (nSPS) is 12.5. The van der Waals surface area contributed by atoms with Gasteiger partial charge in [-0.1, -0.05) is 0 Å². The van der Waals surface area contributed by atoms with Crippen LogP contribution in [0.2, 0.25) is 0 Å². The van der Waals surface area contributed by atoms with Gasteiger partial charge in [-0.3, -0.25) is 24.2 Å². The molecule has 0 fully saturated rings. The fraction of sp³-hybridized carbons (Fsp3) is 0.400. The first kappa shape index (κ1) is 30.8. The van der Waals surface area contributed by atoms with Crippen LogP contribution >= 0.6 is 11.3 Å². The molecule has 0 aliphatic heterocycles. The average molecular weight is 591 g/mol. The van der Waals surface area contributed by atoms with E-state index in [0.29, 0.717) is 30.3 Å². The minimum absolute atomic E-state index is 0.0350. The molecule has 0 radical (unpaired) electrons. The predicted octanol–water partition coefficient (Wildman–Crippen LogP) is 0.478. The number of carbonyl (C=O) groups excluding carboxylic acids is 2. The van der Waals surface area contributed by atoms with E-state index in [-0.39, 0.29) is 29.2 Å². The van der Waals surface area contributed by atoms with Gasteiger partial charge in [0, 0.05) is 30.5 Å². The number of aryl methyl sites for hydroxylation is 3. The second kappa shape index (κ2) is 13.6. The van der Waals surface area contributed by atoms with Crippen LogP contribution in [0.5, 0.6) is 0 Å². The molecule has 0 aliphatic carbocycles. The number of hydrogen-bond acceptors (Lipinski definition) is 9. The van der Waals surface area contributed by atoms with Crippen LogP contribution in [0.15, 0.2) is 23.0 Å². The number of nitrogen functional groups attached to an aromatic ring is 1. The zero-order valence-corrected chi connectivity index (χ0v) is 22.8. The number of carboxylic acid groups (broad SMARTS) is 3. The van der Waals surface area contributed by atoms with E-state index >= 15 is 0 Å². The number of aromatic nitrogens is 3. The van der Waals surface area contributed by atoms with Crippen LogP contribution in [-0.2, 0) is 39.1 Å². The smallest absolute Gasteiger partial charge is 0.326 e. The Balaban J connectivity index is 1.52. The van der Waals surface area contributed by atoms with Gasteiger partial charge < -0.3 is 36.3 Å². The molecule has 2 amide bonds. The molecule has 15 nitrogen and oxygen atoms in total. The number of H-pyrrole nitrogens is 1. The van der Waals surface area contributed by atoms with Crippen molar-refractivity contribution in [2.45, 2.75) is 57.0 Å². The quantitative estimate of drug-likeness (QED) is 0.128. The number of nitrogens with one attached hydrogen (secondary N) is 3. The molecule has 0 aromatic carbocycles. The minimum Gasteiger partial charge on any atom is -0.481 e. The van der Waals surface area contributed by atoms with Crippen molar-refractivity contribution in [2.24, 2.45) is 7.05 Å². The summed E-state index contributed by atoms with van der Waals surface area (Å²) in [7, 11) is 1.80. The summed E-state index contributed by atoms with van der Waals surface area (Å²) in [6.45, 7) is 0. The molecular formula is C25H30N6O9S. The van der Waals surface area contributed by atoms with E-state index in [9.17, 15) is 33.9 Å². The number of rotatable bonds is 15. The third kappa shape index (κ3) is 8.38. The van der Waals surface area contributed by atoms with Gasteiger partial charge in [0.1, 0.15) is 17.7 Å². The SMILES string of the molecule is Cn1c(CCCc2ccc(C(=O)N[C@@H](CCC(=O)N[C@@H](CCC(=O)O)C(=O)O)C(=O)O)s2)cc2c(=O)[nH]c(N)nc21. The summed E-state index contributed by atoms with van der Waals surface area (Å²) in [6.07, 6.45) is 0.469. The maximum atomic E-state index is 12.7. The van der Waals surface area contributed by atoms with E-state index in [2.05, 4.69) is 20.6 Å². The largest absolute Gasteiger partial charge is 0.481 e. The molecule has 8 N–H and O–H groups in total. The predicted molar refractivity (Wildman–Crippen MR) is 147 cm³/mol. The van der Waals surface area contributed by atoms with Gasteiger partial charge in [0.05, 0.1) is 10.3 Å². The first-order valence-electron chi connectivity index (χ1n) is 12.6. The second-order valence-corrected chi connectivity index (χ2v) is 10.5. The number of carbonyl (C=O) groups is 5. The Kier molecular flexibility index (Phi) is 10.2. The number of hydrogen-bond donors (Lipinski definition) is 7. The summed E-state index contributed by atoms with van der Waals surface area (Å²) < 4.78 is 1.80. The summed E-state index contributed by atoms with van der Waals surface area (Å²) in [5.41, 5.74) is 6.69. The maximum absolute atomic E-state index is 12.7. The molecule has 2 atom stereocenters. The molecule has 0 bridgehead atoms. The molecule has 16 heteroatoms. The van der Waals surface area contributed by atoms with E-state index in [1.807, 2.05) is 0 Å². The summed E-state index contributed by atoms with van der Waals surface area (Å²) in [5, 5.41) is 32.3. The highest BCUT2D eigenvalue weighted by Crippen LogP contribution is 2.21. The topological polar surface area (TPSA) is 247 Å². The van der Waals surface area contributed by atoms with Crippen LogP contribution in [-0.4, -0.2) is 71.7 Å². The Bertz CT molecular complexity index is 1530. The van der Waals surface area contributed by atoms with Gasteiger partial charge in [0.2, 0.25) is 11.9 Å². The molecule has 3 aromatic rings. The third-order valence-electron chi connectivity index (χ3n) is 6.30. The molecule has 220 valence electrons. The van der Waals surface area contributed by atoms with E-state index < -0.39 is 54.6 Å². The lowest BCUT2D eigenvalue weighted by Gasteiger charge is -2.16. The van der Waals surface area contributed by atoms with Crippen molar-refractivity contribution in [3.05, 3.63) is 44.0 Å². The average Bonchev–Trinajstić information content (AvgIpc) is 3.49. The Morgan fingerprint density at radius 2 is 1.68 bits per heavy atom. The zero-order chi connectivity index (χ0) is 30.3. The molecule has 0 saturated carbocycles. The van der Waals surface area contributed by atoms with Crippen LogP contribution in [0.1, 0.15) is 52.3 Å². The number of nitrogens with zero attached hydrogens (tertiary/aromatic N) is 2. The van der Waals surface area contributed by atoms with Gasteiger partial charge in [-0.2, -0.15) is 4.98 Å². The van der Waals surface area contributed by atoms with Crippen LogP contribution in [0.3, 0.4) is 0 Å². The van der Waals surface area contributed by atoms with Crippen LogP contribution in [0, 0.1) is 0 Å². The number of aliphatic carboxylic acids is 3. The summed E-state index contributed by atoms with van der Waals surface area (Å²) >= 11 is 1.20. The van der Waals surface area contributed by atoms with Crippen molar-refractivity contribution in [3.8, 4) is 0 Å². The van der Waals surface area contributed by atoms with Crippen molar-refractivity contribution < 1.29 is 39.3 Å². The highest BCUT2D eigenvalue weighted by molar-refractivity contribution is 7.14. The summed E-state index contributed by atoms with van der Waals surface area (Å²) in [4.78, 5) is 78.3. The number of amides is 2. The second-order valence-electron chi connectivity index (χ2n) is 9.30. The van der Waals surface area contributed by atoms with Gasteiger partial charge in [0.25, 0.3) is 11.5 Å². The molecule has 3 rings (SSSR count). The Morgan fingerprint density at radius 1 is 1.02 bits per heavy atom. The molecule has 3 heterocycles. The zero-order valence-electron chi connectivity index (χ0n) is 22.0. The monoisotopic (exact) mass is 590 g/mol. The number of aromatic amines is 1. The fourth-order valence-electron chi connectivity index (χ4n) is 4.14. The lowest BCUT2D eigenvalue weighted by Crippen LogP contribution is -2.44. The summed E-state index contributed by atoms with van der Waals surface area (Å²) in [6, 6.07) is 2.26. The third-order valence-corrected chi connectivity index (χ3v) is 7.44. The molecule has 41 heavy (non-hydrogen) atoms.